The molecule has 0 radical (unpaired) electrons. The molecule has 4 heteroatoms. The van der Waals surface area contributed by atoms with Crippen LogP contribution >= 0.6 is 12.2 Å². The van der Waals surface area contributed by atoms with Crippen LogP contribution in [0.2, 0.25) is 0 Å². The van der Waals surface area contributed by atoms with Crippen molar-refractivity contribution in [3.63, 3.8) is 0 Å². The molecule has 0 amide bonds. The van der Waals surface area contributed by atoms with Gasteiger partial charge in [-0.05, 0) is 35.4 Å². The molecule has 1 N–H and O–H groups in total. The minimum Gasteiger partial charge on any atom is -0.508 e. The van der Waals surface area contributed by atoms with Crippen molar-refractivity contribution in [3.05, 3.63) is 102 Å². The second-order valence-corrected chi connectivity index (χ2v) is 7.49. The summed E-state index contributed by atoms with van der Waals surface area (Å²) in [6.45, 7) is 3.70. The highest BCUT2D eigenvalue weighted by atomic mass is 32.1. The summed E-state index contributed by atoms with van der Waals surface area (Å²) in [5.41, 5.74) is 3.63. The number of nitrogens with zero attached hydrogens (tertiary/aromatic N) is 2. The highest BCUT2D eigenvalue weighted by molar-refractivity contribution is 7.80. The zero-order chi connectivity index (χ0) is 19.3. The van der Waals surface area contributed by atoms with Gasteiger partial charge in [-0.2, -0.15) is 0 Å². The van der Waals surface area contributed by atoms with Crippen LogP contribution in [0.25, 0.3) is 0 Å². The first-order chi connectivity index (χ1) is 13.7. The monoisotopic (exact) mass is 388 g/mol. The van der Waals surface area contributed by atoms with Gasteiger partial charge < -0.3 is 10.0 Å². The normalized spacial score (nSPS) is 15.0. The van der Waals surface area contributed by atoms with Crippen molar-refractivity contribution in [3.8, 4) is 5.75 Å². The minimum atomic E-state index is 0.256. The van der Waals surface area contributed by atoms with Gasteiger partial charge in [0.1, 0.15) is 10.7 Å². The Labute approximate surface area is 171 Å². The Hall–Kier alpha value is -2.69. The van der Waals surface area contributed by atoms with Gasteiger partial charge in [0.15, 0.2) is 0 Å². The first-order valence-corrected chi connectivity index (χ1v) is 10.1. The van der Waals surface area contributed by atoms with Crippen molar-refractivity contribution in [2.24, 2.45) is 0 Å². The molecule has 3 nitrogen and oxygen atoms in total. The molecule has 3 aromatic carbocycles. The van der Waals surface area contributed by atoms with Crippen molar-refractivity contribution in [2.75, 3.05) is 26.2 Å². The van der Waals surface area contributed by atoms with E-state index in [1.54, 1.807) is 12.1 Å². The van der Waals surface area contributed by atoms with E-state index in [1.807, 2.05) is 12.1 Å². The zero-order valence-corrected chi connectivity index (χ0v) is 16.6. The van der Waals surface area contributed by atoms with Gasteiger partial charge in [-0.15, -0.1) is 0 Å². The van der Waals surface area contributed by atoms with E-state index in [0.717, 1.165) is 36.7 Å². The molecule has 3 aromatic rings. The number of hydrogen-bond acceptors (Lipinski definition) is 3. The van der Waals surface area contributed by atoms with E-state index in [4.69, 9.17) is 12.2 Å². The largest absolute Gasteiger partial charge is 0.508 e. The molecular weight excluding hydrogens is 364 g/mol. The minimum absolute atomic E-state index is 0.256. The average Bonchev–Trinajstić information content (AvgIpc) is 2.76. The van der Waals surface area contributed by atoms with E-state index in [0.29, 0.717) is 0 Å². The maximum Gasteiger partial charge on any atom is 0.115 e. The fraction of sp³-hybridized carbons (Fsp3) is 0.208. The van der Waals surface area contributed by atoms with Crippen LogP contribution in [0.15, 0.2) is 84.9 Å². The van der Waals surface area contributed by atoms with E-state index in [-0.39, 0.29) is 11.8 Å². The van der Waals surface area contributed by atoms with Crippen LogP contribution < -0.4 is 0 Å². The summed E-state index contributed by atoms with van der Waals surface area (Å²) < 4.78 is 0. The topological polar surface area (TPSA) is 26.7 Å². The maximum atomic E-state index is 9.50. The number of piperazine rings is 1. The van der Waals surface area contributed by atoms with Crippen LogP contribution in [0.3, 0.4) is 0 Å². The van der Waals surface area contributed by atoms with E-state index in [9.17, 15) is 5.11 Å². The quantitative estimate of drug-likeness (QED) is 0.667. The molecule has 1 saturated heterocycles. The molecule has 1 aliphatic heterocycles. The SMILES string of the molecule is Oc1ccc(C(=S)N2CCN(C(c3ccccc3)c3ccccc3)CC2)cc1. The molecule has 0 saturated carbocycles. The molecule has 1 aliphatic rings. The Morgan fingerprint density at radius 3 is 1.71 bits per heavy atom. The molecule has 1 fully saturated rings. The van der Waals surface area contributed by atoms with Gasteiger partial charge in [0, 0.05) is 31.7 Å². The predicted octanol–water partition coefficient (Wildman–Crippen LogP) is 4.47. The predicted molar refractivity (Wildman–Crippen MR) is 118 cm³/mol. The second kappa shape index (κ2) is 8.55. The highest BCUT2D eigenvalue weighted by Crippen LogP contribution is 2.29. The Morgan fingerprint density at radius 2 is 1.21 bits per heavy atom. The zero-order valence-electron chi connectivity index (χ0n) is 15.7. The molecule has 0 aromatic heterocycles. The molecule has 0 atom stereocenters. The van der Waals surface area contributed by atoms with Crippen LogP contribution in [-0.2, 0) is 0 Å². The Bertz CT molecular complexity index is 865. The van der Waals surface area contributed by atoms with Crippen molar-refractivity contribution < 1.29 is 5.11 Å². The third-order valence-electron chi connectivity index (χ3n) is 5.31. The molecular formula is C24H24N2OS. The summed E-state index contributed by atoms with van der Waals surface area (Å²) in [5, 5.41) is 9.50. The number of hydrogen-bond donors (Lipinski definition) is 1. The molecule has 0 aliphatic carbocycles. The Kier molecular flexibility index (Phi) is 5.70. The lowest BCUT2D eigenvalue weighted by molar-refractivity contribution is 0.152. The summed E-state index contributed by atoms with van der Waals surface area (Å²) in [6, 6.07) is 28.9. The molecule has 28 heavy (non-hydrogen) atoms. The average molecular weight is 389 g/mol. The third-order valence-corrected chi connectivity index (χ3v) is 5.81. The molecule has 0 unspecified atom stereocenters. The first kappa shape index (κ1) is 18.7. The first-order valence-electron chi connectivity index (χ1n) is 9.64. The lowest BCUT2D eigenvalue weighted by Crippen LogP contribution is -2.49. The summed E-state index contributed by atoms with van der Waals surface area (Å²) in [6.07, 6.45) is 0. The van der Waals surface area contributed by atoms with Gasteiger partial charge in [0.05, 0.1) is 6.04 Å². The number of aromatic hydroxyl groups is 1. The van der Waals surface area contributed by atoms with E-state index in [2.05, 4.69) is 70.5 Å². The van der Waals surface area contributed by atoms with Gasteiger partial charge in [0.25, 0.3) is 0 Å². The van der Waals surface area contributed by atoms with Crippen LogP contribution in [0.5, 0.6) is 5.75 Å². The third kappa shape index (κ3) is 4.08. The van der Waals surface area contributed by atoms with Crippen molar-refractivity contribution in [1.29, 1.82) is 0 Å². The molecule has 142 valence electrons. The van der Waals surface area contributed by atoms with Crippen LogP contribution in [0.1, 0.15) is 22.7 Å². The number of phenols is 1. The summed E-state index contributed by atoms with van der Waals surface area (Å²) >= 11 is 5.70. The van der Waals surface area contributed by atoms with Crippen molar-refractivity contribution in [2.45, 2.75) is 6.04 Å². The van der Waals surface area contributed by atoms with Gasteiger partial charge in [-0.3, -0.25) is 4.90 Å². The van der Waals surface area contributed by atoms with Crippen molar-refractivity contribution in [1.82, 2.24) is 9.80 Å². The van der Waals surface area contributed by atoms with E-state index < -0.39 is 0 Å². The number of benzene rings is 3. The molecule has 0 spiro atoms. The van der Waals surface area contributed by atoms with Gasteiger partial charge in [-0.1, -0.05) is 72.9 Å². The summed E-state index contributed by atoms with van der Waals surface area (Å²) in [5.74, 6) is 0.268. The van der Waals surface area contributed by atoms with Crippen LogP contribution in [-0.4, -0.2) is 46.1 Å². The Morgan fingerprint density at radius 1 is 0.714 bits per heavy atom. The maximum absolute atomic E-state index is 9.50. The van der Waals surface area contributed by atoms with Gasteiger partial charge >= 0.3 is 0 Å². The molecule has 1 heterocycles. The number of phenolic OH excluding ortho intramolecular Hbond substituents is 1. The fourth-order valence-electron chi connectivity index (χ4n) is 3.85. The summed E-state index contributed by atoms with van der Waals surface area (Å²) in [4.78, 5) is 5.67. The smallest absolute Gasteiger partial charge is 0.115 e. The fourth-order valence-corrected chi connectivity index (χ4v) is 4.17. The van der Waals surface area contributed by atoms with Crippen LogP contribution in [0, 0.1) is 0 Å². The second-order valence-electron chi connectivity index (χ2n) is 7.10. The standard InChI is InChI=1S/C24H24N2OS/c27-22-13-11-21(12-14-22)24(28)26-17-15-25(16-18-26)23(19-7-3-1-4-8-19)20-9-5-2-6-10-20/h1-14,23,27H,15-18H2. The summed E-state index contributed by atoms with van der Waals surface area (Å²) in [7, 11) is 0. The van der Waals surface area contributed by atoms with Crippen LogP contribution in [0.4, 0.5) is 0 Å². The Balaban J connectivity index is 1.50. The van der Waals surface area contributed by atoms with Gasteiger partial charge in [-0.25, -0.2) is 0 Å². The number of thiocarbonyl (C=S) groups is 1. The van der Waals surface area contributed by atoms with Crippen molar-refractivity contribution >= 4 is 17.2 Å². The number of rotatable bonds is 4. The molecule has 0 bridgehead atoms. The highest BCUT2D eigenvalue weighted by Gasteiger charge is 2.27. The van der Waals surface area contributed by atoms with E-state index in [1.165, 1.54) is 11.1 Å². The lowest BCUT2D eigenvalue weighted by atomic mass is 9.96. The lowest BCUT2D eigenvalue weighted by Gasteiger charge is -2.40. The van der Waals surface area contributed by atoms with Gasteiger partial charge in [0.2, 0.25) is 0 Å². The van der Waals surface area contributed by atoms with E-state index >= 15 is 0 Å². The molecule has 4 rings (SSSR count).